The van der Waals surface area contributed by atoms with Crippen LogP contribution in [0.1, 0.15) is 94.4 Å². The molecular weight excluding hydrogens is 597 g/mol. The van der Waals surface area contributed by atoms with Crippen molar-refractivity contribution in [3.05, 3.63) is 36.5 Å². The molecule has 8 atom stereocenters. The quantitative estimate of drug-likeness (QED) is 0.126. The number of hydrogen-bond acceptors (Lipinski definition) is 6. The van der Waals surface area contributed by atoms with Crippen LogP contribution in [0.4, 0.5) is 0 Å². The summed E-state index contributed by atoms with van der Waals surface area (Å²) in [6.07, 6.45) is 11.2. The minimum Gasteiger partial charge on any atom is -0.461 e. The van der Waals surface area contributed by atoms with Crippen LogP contribution in [0.15, 0.2) is 36.5 Å². The van der Waals surface area contributed by atoms with Gasteiger partial charge in [-0.3, -0.25) is 4.79 Å². The first kappa shape index (κ1) is 38.0. The van der Waals surface area contributed by atoms with Gasteiger partial charge in [0.15, 0.2) is 18.1 Å². The van der Waals surface area contributed by atoms with E-state index in [1.807, 2.05) is 13.8 Å². The van der Waals surface area contributed by atoms with Crippen molar-refractivity contribution in [3.8, 4) is 0 Å². The Bertz CT molecular complexity index is 1130. The van der Waals surface area contributed by atoms with E-state index in [0.717, 1.165) is 19.3 Å². The number of carbonyl (C=O) groups excluding carboxylic acids is 2. The van der Waals surface area contributed by atoms with Crippen molar-refractivity contribution >= 4 is 30.0 Å². The van der Waals surface area contributed by atoms with Gasteiger partial charge in [0.1, 0.15) is 18.3 Å². The van der Waals surface area contributed by atoms with Crippen molar-refractivity contribution in [2.24, 2.45) is 39.9 Å². The molecule has 0 aromatic carbocycles. The average molecular weight is 661 g/mol. The number of esters is 2. The minimum atomic E-state index is -1.56. The molecule has 1 unspecified atom stereocenters. The Hall–Kier alpha value is -1.49. The number of allylic oxidation sites excluding steroid dienone is 3. The van der Waals surface area contributed by atoms with E-state index >= 15 is 0 Å². The van der Waals surface area contributed by atoms with Crippen molar-refractivity contribution in [2.75, 3.05) is 0 Å². The van der Waals surface area contributed by atoms with Crippen LogP contribution in [0.5, 0.6) is 0 Å². The van der Waals surface area contributed by atoms with E-state index in [2.05, 4.69) is 99.5 Å². The van der Waals surface area contributed by atoms with Gasteiger partial charge < -0.3 is 18.3 Å². The lowest BCUT2D eigenvalue weighted by molar-refractivity contribution is -0.180. The lowest BCUT2D eigenvalue weighted by Crippen LogP contribution is -2.58. The van der Waals surface area contributed by atoms with Crippen molar-refractivity contribution in [2.45, 2.75) is 145 Å². The fourth-order valence-electron chi connectivity index (χ4n) is 7.65. The monoisotopic (exact) mass is 660 g/mol. The lowest BCUT2D eigenvalue weighted by atomic mass is 9.59. The van der Waals surface area contributed by atoms with Crippen LogP contribution in [0.2, 0.25) is 26.2 Å². The molecule has 0 N–H and O–H groups in total. The number of carbonyl (C=O) groups is 2. The van der Waals surface area contributed by atoms with Gasteiger partial charge in [0, 0.05) is 17.8 Å². The Morgan fingerprint density at radius 1 is 1.04 bits per heavy atom. The predicted octanol–water partition coefficient (Wildman–Crippen LogP) is 8.18. The second-order valence-corrected chi connectivity index (χ2v) is 22.1. The molecule has 3 aliphatic rings. The standard InChI is InChI=1S/C37H64O6Si2/c1-15-19-36(9,10)33(39)41-29-22-26(34(3,4)5)21-25-17-16-24(2)37(30(25)29,43-45(13)14)20-18-27-23-28(35(6,7)8)31(32(38)40-27)42-44(11)12/h15-17,21,24,26-31,44-45H,1,18-20,22-23H2,2-14H3/t24-,26+,27+,28-,29-,30+,31?,37-/m0/s1. The van der Waals surface area contributed by atoms with Crippen LogP contribution in [0.3, 0.4) is 0 Å². The summed E-state index contributed by atoms with van der Waals surface area (Å²) in [7, 11) is -3.00. The van der Waals surface area contributed by atoms with Crippen molar-refractivity contribution in [3.63, 3.8) is 0 Å². The first-order chi connectivity index (χ1) is 20.6. The molecule has 0 aromatic heterocycles. The summed E-state index contributed by atoms with van der Waals surface area (Å²) in [5.41, 5.74) is -0.106. The van der Waals surface area contributed by atoms with Crippen LogP contribution in [-0.2, 0) is 27.9 Å². The molecule has 1 heterocycles. The lowest BCUT2D eigenvalue weighted by Gasteiger charge is -2.54. The molecule has 6 nitrogen and oxygen atoms in total. The van der Waals surface area contributed by atoms with E-state index in [0.29, 0.717) is 12.8 Å². The summed E-state index contributed by atoms with van der Waals surface area (Å²) < 4.78 is 26.2. The Balaban J connectivity index is 2.03. The van der Waals surface area contributed by atoms with Crippen LogP contribution in [0.25, 0.3) is 0 Å². The van der Waals surface area contributed by atoms with Crippen molar-refractivity contribution in [1.29, 1.82) is 0 Å². The molecule has 45 heavy (non-hydrogen) atoms. The smallest absolute Gasteiger partial charge is 0.334 e. The van der Waals surface area contributed by atoms with Crippen molar-refractivity contribution in [1.82, 2.24) is 0 Å². The van der Waals surface area contributed by atoms with Gasteiger partial charge in [0.2, 0.25) is 0 Å². The first-order valence-electron chi connectivity index (χ1n) is 17.4. The second-order valence-electron chi connectivity index (χ2n) is 17.4. The SMILES string of the molecule is C=CCC(C)(C)C(=O)O[C@H]1C[C@H](C(C)(C)C)C=C2C=C[C@H](C)[C@](CC[C@@H]3C[C@H](C(C)(C)C)C(O[SiH](C)C)C(=O)O3)(O[SiH](C)C)[C@H]21. The first-order valence-corrected chi connectivity index (χ1v) is 22.9. The molecule has 1 saturated heterocycles. The van der Waals surface area contributed by atoms with Gasteiger partial charge in [-0.25, -0.2) is 4.79 Å². The van der Waals surface area contributed by atoms with Gasteiger partial charge >= 0.3 is 11.9 Å². The molecular formula is C37H64O6Si2. The molecule has 2 aliphatic carbocycles. The maximum Gasteiger partial charge on any atom is 0.334 e. The molecule has 0 saturated carbocycles. The summed E-state index contributed by atoms with van der Waals surface area (Å²) in [6.45, 7) is 32.0. The largest absolute Gasteiger partial charge is 0.461 e. The predicted molar refractivity (Wildman–Crippen MR) is 189 cm³/mol. The number of rotatable bonds is 11. The highest BCUT2D eigenvalue weighted by Crippen LogP contribution is 2.53. The molecule has 3 rings (SSSR count). The Morgan fingerprint density at radius 2 is 1.69 bits per heavy atom. The highest BCUT2D eigenvalue weighted by molar-refractivity contribution is 6.48. The minimum absolute atomic E-state index is 0.0161. The fourth-order valence-corrected chi connectivity index (χ4v) is 9.89. The van der Waals surface area contributed by atoms with Gasteiger partial charge in [-0.15, -0.1) is 6.58 Å². The van der Waals surface area contributed by atoms with Gasteiger partial charge in [-0.2, -0.15) is 0 Å². The number of fused-ring (bicyclic) bond motifs is 1. The maximum atomic E-state index is 13.7. The highest BCUT2D eigenvalue weighted by Gasteiger charge is 2.55. The topological polar surface area (TPSA) is 71.1 Å². The summed E-state index contributed by atoms with van der Waals surface area (Å²) in [6, 6.07) is 0. The van der Waals surface area contributed by atoms with E-state index in [4.69, 9.17) is 18.3 Å². The molecule has 0 amide bonds. The summed E-state index contributed by atoms with van der Waals surface area (Å²) in [4.78, 5) is 27.2. The molecule has 8 heteroatoms. The van der Waals surface area contributed by atoms with Crippen LogP contribution in [-0.4, -0.2) is 53.9 Å². The molecule has 1 fully saturated rings. The fraction of sp³-hybridized carbons (Fsp3) is 0.784. The summed E-state index contributed by atoms with van der Waals surface area (Å²) in [5.74, 6) is -0.0755. The third kappa shape index (κ3) is 8.91. The van der Waals surface area contributed by atoms with E-state index in [1.54, 1.807) is 6.08 Å². The van der Waals surface area contributed by atoms with E-state index in [9.17, 15) is 9.59 Å². The third-order valence-corrected chi connectivity index (χ3v) is 12.1. The Morgan fingerprint density at radius 3 is 2.22 bits per heavy atom. The van der Waals surface area contributed by atoms with Crippen LogP contribution >= 0.6 is 0 Å². The van der Waals surface area contributed by atoms with Gasteiger partial charge in [0.25, 0.3) is 0 Å². The second kappa shape index (κ2) is 14.3. The summed E-state index contributed by atoms with van der Waals surface area (Å²) >= 11 is 0. The Kier molecular flexibility index (Phi) is 12.1. The highest BCUT2D eigenvalue weighted by atomic mass is 28.3. The van der Waals surface area contributed by atoms with Crippen LogP contribution in [0, 0.1) is 39.9 Å². The third-order valence-electron chi connectivity index (χ3n) is 10.3. The number of hydrogen-bond donors (Lipinski definition) is 0. The summed E-state index contributed by atoms with van der Waals surface area (Å²) in [5, 5.41) is 0. The Labute approximate surface area is 278 Å². The molecule has 0 bridgehead atoms. The van der Waals surface area contributed by atoms with E-state index in [-0.39, 0.29) is 58.6 Å². The zero-order valence-corrected chi connectivity index (χ0v) is 33.0. The van der Waals surface area contributed by atoms with Gasteiger partial charge in [-0.05, 0) is 94.5 Å². The zero-order valence-electron chi connectivity index (χ0n) is 30.7. The molecule has 0 aromatic rings. The van der Waals surface area contributed by atoms with E-state index in [1.165, 1.54) is 5.57 Å². The molecule has 1 aliphatic heterocycles. The number of cyclic esters (lactones) is 1. The van der Waals surface area contributed by atoms with Crippen LogP contribution < -0.4 is 0 Å². The molecule has 0 radical (unpaired) electrons. The average Bonchev–Trinajstić information content (AvgIpc) is 2.88. The normalized spacial score (nSPS) is 32.6. The molecule has 256 valence electrons. The number of ether oxygens (including phenoxy) is 2. The molecule has 0 spiro atoms. The van der Waals surface area contributed by atoms with Crippen molar-refractivity contribution < 1.29 is 27.9 Å². The van der Waals surface area contributed by atoms with E-state index < -0.39 is 35.2 Å². The maximum absolute atomic E-state index is 13.7. The van der Waals surface area contributed by atoms with Gasteiger partial charge in [0.05, 0.1) is 11.0 Å². The van der Waals surface area contributed by atoms with Gasteiger partial charge in [-0.1, -0.05) is 72.8 Å². The zero-order chi connectivity index (χ0) is 34.1.